The zero-order chi connectivity index (χ0) is 14.6. The molecule has 0 aliphatic heterocycles. The average Bonchev–Trinajstić information content (AvgIpc) is 2.39. The minimum atomic E-state index is -3.63. The number of sulfonamides is 1. The predicted octanol–water partition coefficient (Wildman–Crippen LogP) is 2.86. The van der Waals surface area contributed by atoms with E-state index < -0.39 is 10.0 Å². The molecule has 0 radical (unpaired) electrons. The first-order chi connectivity index (χ1) is 9.53. The Hall–Kier alpha value is -1.56. The van der Waals surface area contributed by atoms with E-state index in [1.54, 1.807) is 49.5 Å². The summed E-state index contributed by atoms with van der Waals surface area (Å²) in [5.41, 5.74) is 1.15. The third kappa shape index (κ3) is 3.50. The van der Waals surface area contributed by atoms with Crippen LogP contribution in [-0.4, -0.2) is 15.5 Å². The van der Waals surface area contributed by atoms with Gasteiger partial charge in [-0.1, -0.05) is 35.9 Å². The van der Waals surface area contributed by atoms with Crippen molar-refractivity contribution in [3.8, 4) is 0 Å². The topological polar surface area (TPSA) is 58.2 Å². The second-order valence-corrected chi connectivity index (χ2v) is 6.34. The van der Waals surface area contributed by atoms with E-state index >= 15 is 0 Å². The lowest BCUT2D eigenvalue weighted by Gasteiger charge is -2.12. The van der Waals surface area contributed by atoms with E-state index in [9.17, 15) is 8.42 Å². The highest BCUT2D eigenvalue weighted by atomic mass is 35.5. The standard InChI is InChI=1S/C14H15ClN2O2S/c1-16-10-11-5-2-3-8-14(11)20(18,19)17-13-7-4-6-12(15)9-13/h2-9,16-17H,10H2,1H3. The Morgan fingerprint density at radius 3 is 2.55 bits per heavy atom. The summed E-state index contributed by atoms with van der Waals surface area (Å²) >= 11 is 5.86. The molecule has 0 aromatic heterocycles. The van der Waals surface area contributed by atoms with Crippen molar-refractivity contribution in [2.75, 3.05) is 11.8 Å². The largest absolute Gasteiger partial charge is 0.316 e. The van der Waals surface area contributed by atoms with Gasteiger partial charge in [0.2, 0.25) is 0 Å². The molecule has 2 rings (SSSR count). The average molecular weight is 311 g/mol. The number of benzene rings is 2. The van der Waals surface area contributed by atoms with Gasteiger partial charge >= 0.3 is 0 Å². The molecule has 0 heterocycles. The van der Waals surface area contributed by atoms with Crippen molar-refractivity contribution in [1.82, 2.24) is 5.32 Å². The molecule has 0 bridgehead atoms. The predicted molar refractivity (Wildman–Crippen MR) is 81.5 cm³/mol. The molecular weight excluding hydrogens is 296 g/mol. The lowest BCUT2D eigenvalue weighted by Crippen LogP contribution is -2.17. The van der Waals surface area contributed by atoms with Gasteiger partial charge in [0.1, 0.15) is 0 Å². The molecule has 0 aliphatic carbocycles. The SMILES string of the molecule is CNCc1ccccc1S(=O)(=O)Nc1cccc(Cl)c1. The molecule has 0 unspecified atom stereocenters. The van der Waals surface area contributed by atoms with E-state index in [0.29, 0.717) is 22.8 Å². The molecule has 6 heteroatoms. The van der Waals surface area contributed by atoms with E-state index in [2.05, 4.69) is 10.0 Å². The van der Waals surface area contributed by atoms with E-state index in [-0.39, 0.29) is 4.90 Å². The van der Waals surface area contributed by atoms with Crippen LogP contribution in [0.25, 0.3) is 0 Å². The van der Waals surface area contributed by atoms with E-state index in [0.717, 1.165) is 0 Å². The molecule has 0 amide bonds. The van der Waals surface area contributed by atoms with Gasteiger partial charge in [-0.25, -0.2) is 8.42 Å². The van der Waals surface area contributed by atoms with Crippen LogP contribution in [0.3, 0.4) is 0 Å². The van der Waals surface area contributed by atoms with Crippen LogP contribution in [0.5, 0.6) is 0 Å². The maximum Gasteiger partial charge on any atom is 0.262 e. The van der Waals surface area contributed by atoms with E-state index in [1.165, 1.54) is 0 Å². The maximum atomic E-state index is 12.4. The normalized spacial score (nSPS) is 11.3. The monoisotopic (exact) mass is 310 g/mol. The van der Waals surface area contributed by atoms with Gasteiger partial charge in [0.15, 0.2) is 0 Å². The fourth-order valence-electron chi connectivity index (χ4n) is 1.86. The molecule has 0 fully saturated rings. The Labute approximate surface area is 123 Å². The quantitative estimate of drug-likeness (QED) is 0.893. The summed E-state index contributed by atoms with van der Waals surface area (Å²) in [6, 6.07) is 13.5. The van der Waals surface area contributed by atoms with Crippen molar-refractivity contribution in [1.29, 1.82) is 0 Å². The molecular formula is C14H15ClN2O2S. The minimum absolute atomic E-state index is 0.259. The second-order valence-electron chi connectivity index (χ2n) is 4.25. The van der Waals surface area contributed by atoms with Crippen LogP contribution in [0.4, 0.5) is 5.69 Å². The highest BCUT2D eigenvalue weighted by Crippen LogP contribution is 2.21. The lowest BCUT2D eigenvalue weighted by molar-refractivity contribution is 0.599. The Bertz CT molecular complexity index is 702. The van der Waals surface area contributed by atoms with Crippen molar-refractivity contribution < 1.29 is 8.42 Å². The van der Waals surface area contributed by atoms with Gasteiger partial charge in [0, 0.05) is 11.6 Å². The molecule has 0 atom stereocenters. The van der Waals surface area contributed by atoms with E-state index in [1.807, 2.05) is 6.07 Å². The summed E-state index contributed by atoms with van der Waals surface area (Å²) in [5, 5.41) is 3.44. The number of hydrogen-bond acceptors (Lipinski definition) is 3. The van der Waals surface area contributed by atoms with Gasteiger partial charge in [0.25, 0.3) is 10.0 Å². The highest BCUT2D eigenvalue weighted by molar-refractivity contribution is 7.92. The molecule has 0 spiro atoms. The molecule has 20 heavy (non-hydrogen) atoms. The van der Waals surface area contributed by atoms with Gasteiger partial charge in [-0.15, -0.1) is 0 Å². The Morgan fingerprint density at radius 1 is 1.10 bits per heavy atom. The molecule has 4 nitrogen and oxygen atoms in total. The van der Waals surface area contributed by atoms with Gasteiger partial charge < -0.3 is 5.32 Å². The fourth-order valence-corrected chi connectivity index (χ4v) is 3.35. The van der Waals surface area contributed by atoms with Crippen LogP contribution in [0.2, 0.25) is 5.02 Å². The molecule has 2 N–H and O–H groups in total. The molecule has 2 aromatic carbocycles. The summed E-state index contributed by atoms with van der Waals surface area (Å²) in [4.78, 5) is 0.259. The van der Waals surface area contributed by atoms with Crippen LogP contribution >= 0.6 is 11.6 Å². The molecule has 0 saturated carbocycles. The van der Waals surface area contributed by atoms with Gasteiger partial charge in [-0.3, -0.25) is 4.72 Å². The van der Waals surface area contributed by atoms with Gasteiger partial charge in [-0.05, 0) is 36.9 Å². The lowest BCUT2D eigenvalue weighted by atomic mass is 10.2. The Morgan fingerprint density at radius 2 is 1.85 bits per heavy atom. The van der Waals surface area contributed by atoms with Gasteiger partial charge in [-0.2, -0.15) is 0 Å². The van der Waals surface area contributed by atoms with Crippen molar-refractivity contribution in [2.24, 2.45) is 0 Å². The molecule has 2 aromatic rings. The number of halogens is 1. The zero-order valence-electron chi connectivity index (χ0n) is 10.9. The van der Waals surface area contributed by atoms with Crippen LogP contribution in [0, 0.1) is 0 Å². The fraction of sp³-hybridized carbons (Fsp3) is 0.143. The summed E-state index contributed by atoms with van der Waals surface area (Å²) in [6.07, 6.45) is 0. The number of rotatable bonds is 5. The van der Waals surface area contributed by atoms with Crippen molar-refractivity contribution in [2.45, 2.75) is 11.4 Å². The Balaban J connectivity index is 2.36. The number of hydrogen-bond donors (Lipinski definition) is 2. The van der Waals surface area contributed by atoms with Crippen molar-refractivity contribution in [3.63, 3.8) is 0 Å². The molecule has 106 valence electrons. The third-order valence-electron chi connectivity index (χ3n) is 2.71. The first kappa shape index (κ1) is 14.8. The summed E-state index contributed by atoms with van der Waals surface area (Å²) in [6.45, 7) is 0.479. The van der Waals surface area contributed by atoms with Crippen LogP contribution < -0.4 is 10.0 Å². The number of anilines is 1. The Kier molecular flexibility index (Phi) is 4.65. The smallest absolute Gasteiger partial charge is 0.262 e. The first-order valence-corrected chi connectivity index (χ1v) is 7.90. The van der Waals surface area contributed by atoms with Crippen LogP contribution in [-0.2, 0) is 16.6 Å². The van der Waals surface area contributed by atoms with Crippen LogP contribution in [0.1, 0.15) is 5.56 Å². The highest BCUT2D eigenvalue weighted by Gasteiger charge is 2.17. The third-order valence-corrected chi connectivity index (χ3v) is 4.42. The molecule has 0 aliphatic rings. The van der Waals surface area contributed by atoms with E-state index in [4.69, 9.17) is 11.6 Å². The zero-order valence-corrected chi connectivity index (χ0v) is 12.5. The van der Waals surface area contributed by atoms with Crippen LogP contribution in [0.15, 0.2) is 53.4 Å². The molecule has 0 saturated heterocycles. The maximum absolute atomic E-state index is 12.4. The first-order valence-electron chi connectivity index (χ1n) is 6.04. The van der Waals surface area contributed by atoms with Crippen molar-refractivity contribution in [3.05, 3.63) is 59.1 Å². The summed E-state index contributed by atoms with van der Waals surface area (Å²) < 4.78 is 27.4. The summed E-state index contributed by atoms with van der Waals surface area (Å²) in [5.74, 6) is 0. The minimum Gasteiger partial charge on any atom is -0.316 e. The van der Waals surface area contributed by atoms with Crippen molar-refractivity contribution >= 4 is 27.3 Å². The number of nitrogens with one attached hydrogen (secondary N) is 2. The second kappa shape index (κ2) is 6.26. The summed E-state index contributed by atoms with van der Waals surface area (Å²) in [7, 11) is -1.86. The van der Waals surface area contributed by atoms with Gasteiger partial charge in [0.05, 0.1) is 10.6 Å².